The maximum Gasteiger partial charge on any atom is -0.00460 e. The summed E-state index contributed by atoms with van der Waals surface area (Å²) in [5.41, 5.74) is 6.37. The standard InChI is InChI=1S/C10H19N/c1-10(2)8-4-3-7(6-11)9(10)5-8/h7-9H,3-6,11H2,1-2H3/t7?,8-,9-/m1/s1. The Morgan fingerprint density at radius 1 is 1.36 bits per heavy atom. The molecule has 0 spiro atoms. The molecule has 1 heteroatoms. The van der Waals surface area contributed by atoms with E-state index in [4.69, 9.17) is 5.73 Å². The molecule has 64 valence electrons. The summed E-state index contributed by atoms with van der Waals surface area (Å²) in [6.07, 6.45) is 4.30. The van der Waals surface area contributed by atoms with Gasteiger partial charge in [-0.3, -0.25) is 0 Å². The summed E-state index contributed by atoms with van der Waals surface area (Å²) in [6, 6.07) is 0. The van der Waals surface area contributed by atoms with E-state index in [2.05, 4.69) is 13.8 Å². The van der Waals surface area contributed by atoms with E-state index >= 15 is 0 Å². The molecule has 3 atom stereocenters. The first-order valence-corrected chi connectivity index (χ1v) is 4.86. The smallest absolute Gasteiger partial charge is 0.00460 e. The Morgan fingerprint density at radius 2 is 2.09 bits per heavy atom. The van der Waals surface area contributed by atoms with Crippen LogP contribution in [0.3, 0.4) is 0 Å². The van der Waals surface area contributed by atoms with Crippen LogP contribution in [0.15, 0.2) is 0 Å². The Balaban J connectivity index is 2.10. The zero-order valence-corrected chi connectivity index (χ0v) is 7.64. The lowest BCUT2D eigenvalue weighted by Gasteiger charge is -2.60. The normalized spacial score (nSPS) is 46.6. The average molecular weight is 153 g/mol. The van der Waals surface area contributed by atoms with Crippen LogP contribution in [0.5, 0.6) is 0 Å². The lowest BCUT2D eigenvalue weighted by molar-refractivity contribution is -0.101. The first kappa shape index (κ1) is 7.60. The molecule has 2 bridgehead atoms. The second-order valence-corrected chi connectivity index (χ2v) is 4.93. The van der Waals surface area contributed by atoms with Gasteiger partial charge in [-0.2, -0.15) is 0 Å². The maximum absolute atomic E-state index is 5.74. The van der Waals surface area contributed by atoms with Crippen molar-refractivity contribution in [2.45, 2.75) is 33.1 Å². The van der Waals surface area contributed by atoms with Crippen LogP contribution in [0.2, 0.25) is 0 Å². The number of hydrogen-bond acceptors (Lipinski definition) is 1. The lowest BCUT2D eigenvalue weighted by atomic mass is 9.45. The van der Waals surface area contributed by atoms with E-state index < -0.39 is 0 Å². The number of hydrogen-bond donors (Lipinski definition) is 1. The summed E-state index contributed by atoms with van der Waals surface area (Å²) in [4.78, 5) is 0. The van der Waals surface area contributed by atoms with Crippen molar-refractivity contribution < 1.29 is 0 Å². The Morgan fingerprint density at radius 3 is 2.45 bits per heavy atom. The molecule has 1 nitrogen and oxygen atoms in total. The molecule has 0 radical (unpaired) electrons. The zero-order chi connectivity index (χ0) is 8.06. The molecular formula is C10H19N. The molecule has 2 N–H and O–H groups in total. The highest BCUT2D eigenvalue weighted by Crippen LogP contribution is 2.60. The van der Waals surface area contributed by atoms with Crippen molar-refractivity contribution in [3.8, 4) is 0 Å². The van der Waals surface area contributed by atoms with Crippen LogP contribution >= 0.6 is 0 Å². The summed E-state index contributed by atoms with van der Waals surface area (Å²) in [6.45, 7) is 5.77. The molecule has 0 aromatic heterocycles. The topological polar surface area (TPSA) is 26.0 Å². The molecule has 0 amide bonds. The van der Waals surface area contributed by atoms with Gasteiger partial charge in [-0.15, -0.1) is 0 Å². The molecule has 3 fully saturated rings. The predicted octanol–water partition coefficient (Wildman–Crippen LogP) is 2.02. The quantitative estimate of drug-likeness (QED) is 0.612. The van der Waals surface area contributed by atoms with Crippen molar-refractivity contribution in [2.24, 2.45) is 28.9 Å². The molecule has 1 unspecified atom stereocenters. The molecule has 11 heavy (non-hydrogen) atoms. The molecule has 0 aliphatic heterocycles. The van der Waals surface area contributed by atoms with Gasteiger partial charge in [-0.25, -0.2) is 0 Å². The van der Waals surface area contributed by atoms with Crippen LogP contribution in [-0.4, -0.2) is 6.54 Å². The Kier molecular flexibility index (Phi) is 1.54. The summed E-state index contributed by atoms with van der Waals surface area (Å²) in [7, 11) is 0. The summed E-state index contributed by atoms with van der Waals surface area (Å²) in [5, 5.41) is 0. The zero-order valence-electron chi connectivity index (χ0n) is 7.64. The van der Waals surface area contributed by atoms with Crippen LogP contribution in [0.25, 0.3) is 0 Å². The third-order valence-electron chi connectivity index (χ3n) is 4.30. The maximum atomic E-state index is 5.74. The van der Waals surface area contributed by atoms with Crippen molar-refractivity contribution in [1.82, 2.24) is 0 Å². The van der Waals surface area contributed by atoms with Gasteiger partial charge >= 0.3 is 0 Å². The minimum absolute atomic E-state index is 0.627. The van der Waals surface area contributed by atoms with Gasteiger partial charge in [0.2, 0.25) is 0 Å². The van der Waals surface area contributed by atoms with Crippen LogP contribution in [-0.2, 0) is 0 Å². The highest BCUT2D eigenvalue weighted by Gasteiger charge is 2.53. The summed E-state index contributed by atoms with van der Waals surface area (Å²) < 4.78 is 0. The summed E-state index contributed by atoms with van der Waals surface area (Å²) >= 11 is 0. The number of rotatable bonds is 1. The van der Waals surface area contributed by atoms with E-state index in [9.17, 15) is 0 Å². The first-order chi connectivity index (χ1) is 5.16. The van der Waals surface area contributed by atoms with Gasteiger partial charge in [0.15, 0.2) is 0 Å². The predicted molar refractivity (Wildman–Crippen MR) is 47.2 cm³/mol. The van der Waals surface area contributed by atoms with Gasteiger partial charge in [0.05, 0.1) is 0 Å². The molecule has 0 saturated heterocycles. The van der Waals surface area contributed by atoms with Crippen LogP contribution in [0.4, 0.5) is 0 Å². The number of fused-ring (bicyclic) bond motifs is 2. The highest BCUT2D eigenvalue weighted by molar-refractivity contribution is 5.03. The van der Waals surface area contributed by atoms with Gasteiger partial charge in [-0.1, -0.05) is 13.8 Å². The van der Waals surface area contributed by atoms with Gasteiger partial charge < -0.3 is 5.73 Å². The van der Waals surface area contributed by atoms with E-state index in [1.807, 2.05) is 0 Å². The Hall–Kier alpha value is -0.0400. The van der Waals surface area contributed by atoms with Crippen molar-refractivity contribution in [3.05, 3.63) is 0 Å². The molecule has 3 rings (SSSR count). The highest BCUT2D eigenvalue weighted by atomic mass is 14.6. The van der Waals surface area contributed by atoms with Crippen LogP contribution < -0.4 is 5.73 Å². The Labute approximate surface area is 69.4 Å². The van der Waals surface area contributed by atoms with Crippen molar-refractivity contribution >= 4 is 0 Å². The van der Waals surface area contributed by atoms with Gasteiger partial charge in [-0.05, 0) is 49.0 Å². The molecular weight excluding hydrogens is 134 g/mol. The van der Waals surface area contributed by atoms with E-state index in [0.717, 1.165) is 24.3 Å². The van der Waals surface area contributed by atoms with Crippen molar-refractivity contribution in [2.75, 3.05) is 6.54 Å². The van der Waals surface area contributed by atoms with E-state index in [1.165, 1.54) is 19.3 Å². The molecule has 0 aromatic carbocycles. The van der Waals surface area contributed by atoms with E-state index in [0.29, 0.717) is 5.41 Å². The minimum atomic E-state index is 0.627. The molecule has 0 heterocycles. The summed E-state index contributed by atoms with van der Waals surface area (Å²) in [5.74, 6) is 2.82. The average Bonchev–Trinajstić information content (AvgIpc) is 2.04. The second kappa shape index (κ2) is 2.22. The van der Waals surface area contributed by atoms with Crippen molar-refractivity contribution in [3.63, 3.8) is 0 Å². The van der Waals surface area contributed by atoms with E-state index in [1.54, 1.807) is 0 Å². The minimum Gasteiger partial charge on any atom is -0.330 e. The van der Waals surface area contributed by atoms with Crippen LogP contribution in [0.1, 0.15) is 33.1 Å². The first-order valence-electron chi connectivity index (χ1n) is 4.86. The third-order valence-corrected chi connectivity index (χ3v) is 4.30. The lowest BCUT2D eigenvalue weighted by Crippen LogP contribution is -2.53. The monoisotopic (exact) mass is 153 g/mol. The van der Waals surface area contributed by atoms with Gasteiger partial charge in [0.25, 0.3) is 0 Å². The third kappa shape index (κ3) is 0.868. The molecule has 3 aliphatic carbocycles. The van der Waals surface area contributed by atoms with Crippen molar-refractivity contribution in [1.29, 1.82) is 0 Å². The SMILES string of the molecule is CC1(C)[C@@H]2CCC(CN)[C@H]1C2. The fraction of sp³-hybridized carbons (Fsp3) is 1.00. The number of nitrogens with two attached hydrogens (primary N) is 1. The second-order valence-electron chi connectivity index (χ2n) is 4.93. The van der Waals surface area contributed by atoms with Gasteiger partial charge in [0, 0.05) is 0 Å². The molecule has 3 saturated carbocycles. The molecule has 0 aromatic rings. The fourth-order valence-corrected chi connectivity index (χ4v) is 3.24. The fourth-order valence-electron chi connectivity index (χ4n) is 3.24. The van der Waals surface area contributed by atoms with Crippen LogP contribution in [0, 0.1) is 23.2 Å². The largest absolute Gasteiger partial charge is 0.330 e. The molecule has 3 aliphatic rings. The van der Waals surface area contributed by atoms with E-state index in [-0.39, 0.29) is 0 Å². The van der Waals surface area contributed by atoms with Gasteiger partial charge in [0.1, 0.15) is 0 Å². The Bertz CT molecular complexity index is 160.